The lowest BCUT2D eigenvalue weighted by Crippen LogP contribution is -2.36. The number of Topliss-reactive ketones (excluding diaryl/α,β-unsaturated/α-hetero) is 1. The minimum absolute atomic E-state index is 0.0946. The maximum Gasteiger partial charge on any atom is 0.259 e. The number of rotatable bonds is 10. The van der Waals surface area contributed by atoms with Gasteiger partial charge in [0.25, 0.3) is 11.8 Å². The lowest BCUT2D eigenvalue weighted by atomic mass is 10.1. The van der Waals surface area contributed by atoms with Crippen molar-refractivity contribution in [2.45, 2.75) is 25.2 Å². The van der Waals surface area contributed by atoms with E-state index < -0.39 is 29.8 Å². The van der Waals surface area contributed by atoms with Crippen LogP contribution in [0.25, 0.3) is 10.2 Å². The summed E-state index contributed by atoms with van der Waals surface area (Å²) in [6.45, 7) is 0.116. The lowest BCUT2D eigenvalue weighted by molar-refractivity contribution is -0.120. The molecule has 5 aromatic rings. The zero-order chi connectivity index (χ0) is 29.9. The van der Waals surface area contributed by atoms with E-state index in [0.717, 1.165) is 15.2 Å². The molecule has 0 radical (unpaired) electrons. The van der Waals surface area contributed by atoms with Gasteiger partial charge in [0, 0.05) is 16.9 Å². The summed E-state index contributed by atoms with van der Waals surface area (Å²) in [4.78, 5) is 45.5. The Kier molecular flexibility index (Phi) is 7.95. The molecule has 2 heterocycles. The highest BCUT2D eigenvalue weighted by atomic mass is 32.1. The van der Waals surface area contributed by atoms with E-state index in [1.54, 1.807) is 67.8 Å². The number of methoxy groups -OCH3 is 1. The molecule has 10 heteroatoms. The number of ether oxygens (including phenoxy) is 2. The molecule has 216 valence electrons. The molecule has 2 amide bonds. The van der Waals surface area contributed by atoms with Crippen LogP contribution in [0.1, 0.15) is 20.9 Å². The van der Waals surface area contributed by atoms with Crippen LogP contribution in [-0.2, 0) is 27.3 Å². The van der Waals surface area contributed by atoms with Crippen LogP contribution in [0.2, 0.25) is 0 Å². The van der Waals surface area contributed by atoms with Crippen molar-refractivity contribution in [3.8, 4) is 5.75 Å². The van der Waals surface area contributed by atoms with Gasteiger partial charge in [-0.05, 0) is 78.4 Å². The molecule has 1 aliphatic rings. The smallest absolute Gasteiger partial charge is 0.259 e. The minimum atomic E-state index is -0.987. The van der Waals surface area contributed by atoms with Crippen LogP contribution in [0.15, 0.2) is 97.1 Å². The molecule has 0 aliphatic carbocycles. The second-order valence-corrected chi connectivity index (χ2v) is 11.1. The van der Waals surface area contributed by atoms with E-state index in [9.17, 15) is 18.8 Å². The van der Waals surface area contributed by atoms with E-state index in [1.165, 1.54) is 28.4 Å². The highest BCUT2D eigenvalue weighted by Gasteiger charge is 2.52. The summed E-state index contributed by atoms with van der Waals surface area (Å²) >= 11 is 1.49. The first-order valence-electron chi connectivity index (χ1n) is 13.5. The van der Waals surface area contributed by atoms with E-state index in [2.05, 4.69) is 10.3 Å². The van der Waals surface area contributed by atoms with Crippen molar-refractivity contribution in [3.63, 3.8) is 0 Å². The Balaban J connectivity index is 1.17. The first kappa shape index (κ1) is 28.2. The Morgan fingerprint density at radius 2 is 1.65 bits per heavy atom. The maximum absolute atomic E-state index is 13.6. The molecular formula is C33H26FN3O5S. The number of nitrogens with one attached hydrogen (secondary N) is 1. The van der Waals surface area contributed by atoms with Crippen LogP contribution in [-0.4, -0.2) is 41.9 Å². The van der Waals surface area contributed by atoms with Gasteiger partial charge in [-0.1, -0.05) is 24.3 Å². The van der Waals surface area contributed by atoms with Gasteiger partial charge in [0.1, 0.15) is 16.6 Å². The maximum atomic E-state index is 13.6. The second-order valence-electron chi connectivity index (χ2n) is 9.97. The van der Waals surface area contributed by atoms with Crippen LogP contribution in [0.4, 0.5) is 15.8 Å². The molecule has 0 unspecified atom stereocenters. The summed E-state index contributed by atoms with van der Waals surface area (Å²) in [5.74, 6) is -0.704. The molecule has 1 aliphatic heterocycles. The monoisotopic (exact) mass is 595 g/mol. The SMILES string of the molecule is COc1ccc(NC(=O)[C@H]2O[C@@H]2C(=O)N(Cc2ccc(F)cc2)c2ccc(C(=O)Cc3nc4ccccc4s3)cc2)cc1. The number of thiazole rings is 1. The van der Waals surface area contributed by atoms with Gasteiger partial charge in [0.15, 0.2) is 18.0 Å². The summed E-state index contributed by atoms with van der Waals surface area (Å²) < 4.78 is 25.2. The molecule has 1 saturated heterocycles. The Bertz CT molecular complexity index is 1760. The van der Waals surface area contributed by atoms with Crippen molar-refractivity contribution in [3.05, 3.63) is 119 Å². The Morgan fingerprint density at radius 3 is 2.35 bits per heavy atom. The van der Waals surface area contributed by atoms with Gasteiger partial charge in [-0.25, -0.2) is 9.37 Å². The third-order valence-corrected chi connectivity index (χ3v) is 8.06. The van der Waals surface area contributed by atoms with Crippen molar-refractivity contribution in [1.82, 2.24) is 4.98 Å². The van der Waals surface area contributed by atoms with Crippen LogP contribution in [0.5, 0.6) is 5.75 Å². The van der Waals surface area contributed by atoms with Crippen molar-refractivity contribution in [1.29, 1.82) is 0 Å². The minimum Gasteiger partial charge on any atom is -0.497 e. The second kappa shape index (κ2) is 12.1. The van der Waals surface area contributed by atoms with E-state index in [4.69, 9.17) is 9.47 Å². The fourth-order valence-electron chi connectivity index (χ4n) is 4.67. The van der Waals surface area contributed by atoms with Gasteiger partial charge in [0.2, 0.25) is 0 Å². The predicted octanol–water partition coefficient (Wildman–Crippen LogP) is 5.81. The largest absolute Gasteiger partial charge is 0.497 e. The van der Waals surface area contributed by atoms with Crippen molar-refractivity contribution >= 4 is 50.5 Å². The zero-order valence-corrected chi connectivity index (χ0v) is 23.8. The lowest BCUT2D eigenvalue weighted by Gasteiger charge is -2.23. The number of nitrogens with zero attached hydrogens (tertiary/aromatic N) is 2. The molecule has 0 saturated carbocycles. The highest BCUT2D eigenvalue weighted by Crippen LogP contribution is 2.30. The molecule has 8 nitrogen and oxygen atoms in total. The number of para-hydroxylation sites is 1. The summed E-state index contributed by atoms with van der Waals surface area (Å²) in [6.07, 6.45) is -1.78. The number of benzene rings is 4. The van der Waals surface area contributed by atoms with Crippen LogP contribution in [0.3, 0.4) is 0 Å². The average molecular weight is 596 g/mol. The van der Waals surface area contributed by atoms with Crippen LogP contribution in [0, 0.1) is 5.82 Å². The summed E-state index contributed by atoms with van der Waals surface area (Å²) in [6, 6.07) is 27.1. The molecule has 4 aromatic carbocycles. The zero-order valence-electron chi connectivity index (χ0n) is 23.0. The average Bonchev–Trinajstić information content (AvgIpc) is 3.73. The molecule has 43 heavy (non-hydrogen) atoms. The quantitative estimate of drug-likeness (QED) is 0.162. The van der Waals surface area contributed by atoms with Gasteiger partial charge < -0.3 is 19.7 Å². The standard InChI is InChI=1S/C33H26FN3O5S/c1-41-25-16-12-23(13-17-25)35-32(39)30-31(42-30)33(40)37(19-20-6-10-22(34)11-7-20)24-14-8-21(9-15-24)27(38)18-29-36-26-4-2-3-5-28(26)43-29/h2-17,30-31H,18-19H2,1H3,(H,35,39)/t30-,31-/m0/s1. The van der Waals surface area contributed by atoms with Crippen molar-refractivity contribution in [2.24, 2.45) is 0 Å². The van der Waals surface area contributed by atoms with Gasteiger partial charge >= 0.3 is 0 Å². The molecule has 0 bridgehead atoms. The molecule has 0 spiro atoms. The van der Waals surface area contributed by atoms with E-state index >= 15 is 0 Å². The first-order valence-corrected chi connectivity index (χ1v) is 14.3. The summed E-state index contributed by atoms with van der Waals surface area (Å²) in [5.41, 5.74) is 3.08. The predicted molar refractivity (Wildman–Crippen MR) is 162 cm³/mol. The number of amides is 2. The third-order valence-electron chi connectivity index (χ3n) is 7.02. The van der Waals surface area contributed by atoms with Gasteiger partial charge in [-0.3, -0.25) is 14.4 Å². The normalized spacial score (nSPS) is 15.6. The van der Waals surface area contributed by atoms with Gasteiger partial charge in [0.05, 0.1) is 30.3 Å². The topological polar surface area (TPSA) is 101 Å². The van der Waals surface area contributed by atoms with E-state index in [1.807, 2.05) is 24.3 Å². The number of hydrogen-bond donors (Lipinski definition) is 1. The van der Waals surface area contributed by atoms with E-state index in [-0.39, 0.29) is 18.7 Å². The fraction of sp³-hybridized carbons (Fsp3) is 0.152. The van der Waals surface area contributed by atoms with Gasteiger partial charge in [-0.15, -0.1) is 11.3 Å². The molecule has 1 aromatic heterocycles. The molecule has 6 rings (SSSR count). The Morgan fingerprint density at radius 1 is 0.930 bits per heavy atom. The number of ketones is 1. The molecule has 2 atom stereocenters. The van der Waals surface area contributed by atoms with Gasteiger partial charge in [-0.2, -0.15) is 0 Å². The first-order chi connectivity index (χ1) is 20.9. The fourth-order valence-corrected chi connectivity index (χ4v) is 5.64. The van der Waals surface area contributed by atoms with E-state index in [0.29, 0.717) is 28.3 Å². The van der Waals surface area contributed by atoms with Crippen molar-refractivity contribution in [2.75, 3.05) is 17.3 Å². The number of carbonyl (C=O) groups is 3. The third kappa shape index (κ3) is 6.45. The number of epoxide rings is 1. The number of anilines is 2. The molecule has 1 N–H and O–H groups in total. The number of carbonyl (C=O) groups excluding carboxylic acids is 3. The summed E-state index contributed by atoms with van der Waals surface area (Å²) in [5, 5.41) is 3.48. The number of fused-ring (bicyclic) bond motifs is 1. The molecular weight excluding hydrogens is 569 g/mol. The summed E-state index contributed by atoms with van der Waals surface area (Å²) in [7, 11) is 1.55. The Labute approximate surface area is 250 Å². The number of aromatic nitrogens is 1. The molecule has 1 fully saturated rings. The van der Waals surface area contributed by atoms with Crippen molar-refractivity contribution < 1.29 is 28.2 Å². The number of hydrogen-bond acceptors (Lipinski definition) is 7. The van der Waals surface area contributed by atoms with Crippen LogP contribution >= 0.6 is 11.3 Å². The Hall–Kier alpha value is -4.93. The van der Waals surface area contributed by atoms with Crippen LogP contribution < -0.4 is 15.0 Å². The number of halogens is 1. The highest BCUT2D eigenvalue weighted by molar-refractivity contribution is 7.18.